The zero-order valence-electron chi connectivity index (χ0n) is 19.1. The molecule has 0 spiro atoms. The van der Waals surface area contributed by atoms with Gasteiger partial charge in [0.25, 0.3) is 5.91 Å². The van der Waals surface area contributed by atoms with Gasteiger partial charge in [-0.25, -0.2) is 4.79 Å². The highest BCUT2D eigenvalue weighted by Gasteiger charge is 2.28. The molecular formula is C25H35NO3S. The van der Waals surface area contributed by atoms with Crippen molar-refractivity contribution in [3.8, 4) is 0 Å². The highest BCUT2D eigenvalue weighted by molar-refractivity contribution is 7.14. The first kappa shape index (κ1) is 24.1. The van der Waals surface area contributed by atoms with Crippen LogP contribution >= 0.6 is 11.3 Å². The monoisotopic (exact) mass is 429 g/mol. The van der Waals surface area contributed by atoms with Crippen molar-refractivity contribution in [2.24, 2.45) is 0 Å². The van der Waals surface area contributed by atoms with E-state index in [9.17, 15) is 9.59 Å². The lowest BCUT2D eigenvalue weighted by molar-refractivity contribution is -0.157. The summed E-state index contributed by atoms with van der Waals surface area (Å²) in [6.45, 7) is 11.9. The van der Waals surface area contributed by atoms with Crippen LogP contribution < -0.4 is 5.32 Å². The summed E-state index contributed by atoms with van der Waals surface area (Å²) in [5, 5.41) is 2.90. The number of benzene rings is 1. The van der Waals surface area contributed by atoms with Crippen LogP contribution in [0.3, 0.4) is 0 Å². The Morgan fingerprint density at radius 3 is 2.20 bits per heavy atom. The van der Waals surface area contributed by atoms with Gasteiger partial charge in [0, 0.05) is 11.3 Å². The van der Waals surface area contributed by atoms with Crippen molar-refractivity contribution in [3.63, 3.8) is 0 Å². The molecule has 4 nitrogen and oxygen atoms in total. The molecule has 0 fully saturated rings. The molecule has 1 atom stereocenters. The van der Waals surface area contributed by atoms with Crippen LogP contribution in [0.1, 0.15) is 86.0 Å². The second-order valence-corrected chi connectivity index (χ2v) is 10.2. The second-order valence-electron chi connectivity index (χ2n) is 9.04. The van der Waals surface area contributed by atoms with E-state index in [1.807, 2.05) is 45.0 Å². The third-order valence-electron chi connectivity index (χ3n) is 4.70. The summed E-state index contributed by atoms with van der Waals surface area (Å²) < 4.78 is 5.58. The fourth-order valence-corrected chi connectivity index (χ4v) is 3.95. The minimum absolute atomic E-state index is 0.234. The molecule has 1 N–H and O–H groups in total. The maximum absolute atomic E-state index is 12.8. The average molecular weight is 430 g/mol. The lowest BCUT2D eigenvalue weighted by atomic mass is 10.0. The molecule has 0 aliphatic carbocycles. The molecule has 5 heteroatoms. The van der Waals surface area contributed by atoms with Crippen LogP contribution in [0.4, 0.5) is 0 Å². The Labute approximate surface area is 185 Å². The molecular weight excluding hydrogens is 394 g/mol. The molecule has 2 rings (SSSR count). The molecule has 2 aromatic rings. The molecule has 1 heterocycles. The van der Waals surface area contributed by atoms with Crippen LogP contribution in [-0.4, -0.2) is 23.5 Å². The van der Waals surface area contributed by atoms with Crippen LogP contribution in [0.15, 0.2) is 36.4 Å². The van der Waals surface area contributed by atoms with E-state index in [1.54, 1.807) is 0 Å². The zero-order valence-corrected chi connectivity index (χ0v) is 19.9. The molecule has 1 unspecified atom stereocenters. The van der Waals surface area contributed by atoms with E-state index >= 15 is 0 Å². The topological polar surface area (TPSA) is 55.4 Å². The SMILES string of the molecule is CCCCc1ccc(CC(NC(=O)c2ccc(C(C)C)s2)C(=O)OC(C)(C)C)cc1. The summed E-state index contributed by atoms with van der Waals surface area (Å²) in [5.74, 6) is -0.279. The number of amides is 1. The minimum Gasteiger partial charge on any atom is -0.458 e. The van der Waals surface area contributed by atoms with Gasteiger partial charge in [-0.2, -0.15) is 0 Å². The van der Waals surface area contributed by atoms with Crippen molar-refractivity contribution >= 4 is 23.2 Å². The predicted octanol–water partition coefficient (Wildman–Crippen LogP) is 5.90. The van der Waals surface area contributed by atoms with Gasteiger partial charge in [0.1, 0.15) is 11.6 Å². The van der Waals surface area contributed by atoms with Gasteiger partial charge in [0.05, 0.1) is 4.88 Å². The fraction of sp³-hybridized carbons (Fsp3) is 0.520. The van der Waals surface area contributed by atoms with Crippen molar-refractivity contribution in [2.75, 3.05) is 0 Å². The Kier molecular flexibility index (Phi) is 8.65. The smallest absolute Gasteiger partial charge is 0.329 e. The number of unbranched alkanes of at least 4 members (excludes halogenated alkanes) is 1. The molecule has 0 saturated carbocycles. The van der Waals surface area contributed by atoms with Gasteiger partial charge in [-0.15, -0.1) is 11.3 Å². The summed E-state index contributed by atoms with van der Waals surface area (Å²) in [6, 6.07) is 11.3. The maximum atomic E-state index is 12.8. The van der Waals surface area contributed by atoms with E-state index in [2.05, 4.69) is 38.2 Å². The molecule has 0 bridgehead atoms. The molecule has 0 saturated heterocycles. The van der Waals surface area contributed by atoms with Gasteiger partial charge in [0.15, 0.2) is 0 Å². The lowest BCUT2D eigenvalue weighted by Crippen LogP contribution is -2.45. The number of aryl methyl sites for hydroxylation is 1. The summed E-state index contributed by atoms with van der Waals surface area (Å²) in [4.78, 5) is 27.4. The molecule has 0 aliphatic rings. The van der Waals surface area contributed by atoms with Crippen molar-refractivity contribution < 1.29 is 14.3 Å². The summed E-state index contributed by atoms with van der Waals surface area (Å²) in [5.41, 5.74) is 1.68. The number of ether oxygens (including phenoxy) is 1. The Bertz CT molecular complexity index is 831. The Morgan fingerprint density at radius 1 is 1.03 bits per heavy atom. The van der Waals surface area contributed by atoms with Crippen LogP contribution in [0.5, 0.6) is 0 Å². The second kappa shape index (κ2) is 10.8. The van der Waals surface area contributed by atoms with E-state index in [-0.39, 0.29) is 5.91 Å². The molecule has 1 aromatic heterocycles. The normalized spacial score (nSPS) is 12.6. The Morgan fingerprint density at radius 2 is 1.67 bits per heavy atom. The number of thiophene rings is 1. The third-order valence-corrected chi connectivity index (χ3v) is 6.08. The molecule has 164 valence electrons. The number of hydrogen-bond donors (Lipinski definition) is 1. The summed E-state index contributed by atoms with van der Waals surface area (Å²) in [7, 11) is 0. The van der Waals surface area contributed by atoms with E-state index in [0.717, 1.165) is 29.7 Å². The number of carbonyl (C=O) groups is 2. The number of hydrogen-bond acceptors (Lipinski definition) is 4. The summed E-state index contributed by atoms with van der Waals surface area (Å²) in [6.07, 6.45) is 3.78. The van der Waals surface area contributed by atoms with Gasteiger partial charge >= 0.3 is 5.97 Å². The third kappa shape index (κ3) is 7.60. The first-order valence-corrected chi connectivity index (χ1v) is 11.6. The first-order valence-electron chi connectivity index (χ1n) is 10.8. The van der Waals surface area contributed by atoms with Crippen LogP contribution in [-0.2, 0) is 22.4 Å². The van der Waals surface area contributed by atoms with Crippen LogP contribution in [0.25, 0.3) is 0 Å². The zero-order chi connectivity index (χ0) is 22.3. The van der Waals surface area contributed by atoms with Gasteiger partial charge in [-0.3, -0.25) is 4.79 Å². The van der Waals surface area contributed by atoms with Crippen molar-refractivity contribution in [2.45, 2.75) is 84.8 Å². The Balaban J connectivity index is 2.15. The molecule has 0 radical (unpaired) electrons. The van der Waals surface area contributed by atoms with Gasteiger partial charge in [-0.1, -0.05) is 51.5 Å². The van der Waals surface area contributed by atoms with Gasteiger partial charge in [-0.05, 0) is 62.8 Å². The molecule has 1 amide bonds. The number of rotatable bonds is 9. The van der Waals surface area contributed by atoms with Gasteiger partial charge < -0.3 is 10.1 Å². The highest BCUT2D eigenvalue weighted by atomic mass is 32.1. The van der Waals surface area contributed by atoms with Gasteiger partial charge in [0.2, 0.25) is 0 Å². The molecule has 0 aliphatic heterocycles. The standard InChI is InChI=1S/C25H35NO3S/c1-7-8-9-18-10-12-19(13-11-18)16-20(24(28)29-25(4,5)6)26-23(27)22-15-14-21(30-22)17(2)3/h10-15,17,20H,7-9,16H2,1-6H3,(H,26,27). The van der Waals surface area contributed by atoms with E-state index in [4.69, 9.17) is 4.74 Å². The van der Waals surface area contributed by atoms with Crippen LogP contribution in [0.2, 0.25) is 0 Å². The van der Waals surface area contributed by atoms with E-state index in [1.165, 1.54) is 16.9 Å². The van der Waals surface area contributed by atoms with Crippen LogP contribution in [0, 0.1) is 0 Å². The number of carbonyl (C=O) groups excluding carboxylic acids is 2. The fourth-order valence-electron chi connectivity index (χ4n) is 3.04. The summed E-state index contributed by atoms with van der Waals surface area (Å²) >= 11 is 1.47. The molecule has 30 heavy (non-hydrogen) atoms. The Hall–Kier alpha value is -2.14. The molecule has 1 aromatic carbocycles. The lowest BCUT2D eigenvalue weighted by Gasteiger charge is -2.24. The van der Waals surface area contributed by atoms with Crippen molar-refractivity contribution in [3.05, 3.63) is 57.3 Å². The highest BCUT2D eigenvalue weighted by Crippen LogP contribution is 2.24. The maximum Gasteiger partial charge on any atom is 0.329 e. The quantitative estimate of drug-likeness (QED) is 0.505. The average Bonchev–Trinajstić information content (AvgIpc) is 3.16. The van der Waals surface area contributed by atoms with E-state index < -0.39 is 17.6 Å². The largest absolute Gasteiger partial charge is 0.458 e. The predicted molar refractivity (Wildman–Crippen MR) is 124 cm³/mol. The van der Waals surface area contributed by atoms with Crippen molar-refractivity contribution in [1.82, 2.24) is 5.32 Å². The number of nitrogens with one attached hydrogen (secondary N) is 1. The number of esters is 1. The minimum atomic E-state index is -0.734. The van der Waals surface area contributed by atoms with E-state index in [0.29, 0.717) is 17.2 Å². The first-order chi connectivity index (χ1) is 14.1. The van der Waals surface area contributed by atoms with Crippen molar-refractivity contribution in [1.29, 1.82) is 0 Å².